The number of amides is 1. The molecule has 0 aromatic heterocycles. The molecule has 0 spiro atoms. The fourth-order valence-corrected chi connectivity index (χ4v) is 1.43. The van der Waals surface area contributed by atoms with Crippen LogP contribution in [0.4, 0.5) is 4.39 Å². The molecular formula is C12H14FNO5. The molecule has 1 aromatic carbocycles. The van der Waals surface area contributed by atoms with Crippen molar-refractivity contribution in [2.45, 2.75) is 19.1 Å². The molecule has 0 radical (unpaired) electrons. The molecule has 1 amide bonds. The summed E-state index contributed by atoms with van der Waals surface area (Å²) in [7, 11) is 0. The molecule has 7 heteroatoms. The summed E-state index contributed by atoms with van der Waals surface area (Å²) in [5.74, 6) is -2.86. The fraction of sp³-hybridized carbons (Fsp3) is 0.333. The first-order valence-corrected chi connectivity index (χ1v) is 5.50. The topological polar surface area (TPSA) is 110 Å². The lowest BCUT2D eigenvalue weighted by molar-refractivity contribution is -0.131. The van der Waals surface area contributed by atoms with E-state index in [-0.39, 0.29) is 12.2 Å². The first-order valence-electron chi connectivity index (χ1n) is 5.50. The predicted octanol–water partition coefficient (Wildman–Crippen LogP) is -0.118. The van der Waals surface area contributed by atoms with Crippen molar-refractivity contribution in [3.8, 4) is 0 Å². The minimum absolute atomic E-state index is 0.0178. The van der Waals surface area contributed by atoms with Crippen molar-refractivity contribution in [2.24, 2.45) is 5.73 Å². The van der Waals surface area contributed by atoms with Gasteiger partial charge in [-0.2, -0.15) is 0 Å². The van der Waals surface area contributed by atoms with Gasteiger partial charge in [-0.05, 0) is 24.6 Å². The highest BCUT2D eigenvalue weighted by Crippen LogP contribution is 2.20. The second kappa shape index (κ2) is 6.26. The highest BCUT2D eigenvalue weighted by atomic mass is 19.1. The van der Waals surface area contributed by atoms with Crippen LogP contribution < -0.4 is 5.73 Å². The lowest BCUT2D eigenvalue weighted by Gasteiger charge is -2.16. The average molecular weight is 271 g/mol. The van der Waals surface area contributed by atoms with Gasteiger partial charge >= 0.3 is 5.97 Å². The lowest BCUT2D eigenvalue weighted by Crippen LogP contribution is -2.34. The number of carbonyl (C=O) groups is 2. The van der Waals surface area contributed by atoms with E-state index in [2.05, 4.69) is 4.74 Å². The zero-order valence-electron chi connectivity index (χ0n) is 10.2. The van der Waals surface area contributed by atoms with Crippen LogP contribution in [0.1, 0.15) is 28.9 Å². The number of halogens is 1. The van der Waals surface area contributed by atoms with Crippen molar-refractivity contribution in [3.63, 3.8) is 0 Å². The lowest BCUT2D eigenvalue weighted by atomic mass is 10.0. The molecule has 2 atom stereocenters. The number of ether oxygens (including phenoxy) is 1. The molecule has 6 nitrogen and oxygen atoms in total. The highest BCUT2D eigenvalue weighted by molar-refractivity contribution is 5.90. The summed E-state index contributed by atoms with van der Waals surface area (Å²) in [6.45, 7) is 1.63. The number of hydrogen-bond acceptors (Lipinski definition) is 5. The number of benzene rings is 1. The molecule has 1 aromatic rings. The quantitative estimate of drug-likeness (QED) is 0.647. The van der Waals surface area contributed by atoms with Crippen LogP contribution in [0.25, 0.3) is 0 Å². The van der Waals surface area contributed by atoms with Crippen LogP contribution in [0.15, 0.2) is 18.2 Å². The standard InChI is InChI=1S/C12H14FNO5/c1-2-19-12(18)7-5-6(3-4-8(7)13)9(15)10(16)11(14)17/h3-5,9-10,15-16H,2H2,1H3,(H2,14,17). The Hall–Kier alpha value is -1.99. The molecule has 0 fully saturated rings. The van der Waals surface area contributed by atoms with Gasteiger partial charge in [0.15, 0.2) is 6.10 Å². The third kappa shape index (κ3) is 3.49. The Morgan fingerprint density at radius 3 is 2.58 bits per heavy atom. The van der Waals surface area contributed by atoms with E-state index in [9.17, 15) is 24.2 Å². The molecule has 0 saturated carbocycles. The predicted molar refractivity (Wildman–Crippen MR) is 62.5 cm³/mol. The molecule has 0 aliphatic rings. The van der Waals surface area contributed by atoms with E-state index < -0.39 is 35.5 Å². The minimum atomic E-state index is -1.85. The van der Waals surface area contributed by atoms with E-state index in [0.717, 1.165) is 18.2 Å². The normalized spacial score (nSPS) is 13.7. The molecular weight excluding hydrogens is 257 g/mol. The van der Waals surface area contributed by atoms with Crippen LogP contribution in [0.5, 0.6) is 0 Å². The number of aliphatic hydroxyl groups is 2. The van der Waals surface area contributed by atoms with Gasteiger partial charge in [0.1, 0.15) is 11.9 Å². The molecule has 19 heavy (non-hydrogen) atoms. The van der Waals surface area contributed by atoms with E-state index >= 15 is 0 Å². The maximum Gasteiger partial charge on any atom is 0.341 e. The van der Waals surface area contributed by atoms with Crippen molar-refractivity contribution in [3.05, 3.63) is 35.1 Å². The van der Waals surface area contributed by atoms with E-state index in [1.807, 2.05) is 0 Å². The van der Waals surface area contributed by atoms with Gasteiger partial charge in [-0.15, -0.1) is 0 Å². The highest BCUT2D eigenvalue weighted by Gasteiger charge is 2.25. The average Bonchev–Trinajstić information content (AvgIpc) is 2.37. The third-order valence-corrected chi connectivity index (χ3v) is 2.42. The summed E-state index contributed by atoms with van der Waals surface area (Å²) in [6.07, 6.45) is -3.49. The molecule has 1 rings (SSSR count). The fourth-order valence-electron chi connectivity index (χ4n) is 1.43. The minimum Gasteiger partial charge on any atom is -0.462 e. The molecule has 0 aliphatic heterocycles. The Balaban J connectivity index is 3.08. The van der Waals surface area contributed by atoms with Gasteiger partial charge in [-0.1, -0.05) is 6.07 Å². The smallest absolute Gasteiger partial charge is 0.341 e. The van der Waals surface area contributed by atoms with Gasteiger partial charge in [0.2, 0.25) is 5.91 Å². The van der Waals surface area contributed by atoms with E-state index in [1.165, 1.54) is 0 Å². The van der Waals surface area contributed by atoms with Crippen molar-refractivity contribution >= 4 is 11.9 Å². The number of nitrogens with two attached hydrogens (primary N) is 1. The van der Waals surface area contributed by atoms with Gasteiger partial charge in [-0.25, -0.2) is 9.18 Å². The summed E-state index contributed by atoms with van der Waals surface area (Å²) in [5.41, 5.74) is 4.42. The van der Waals surface area contributed by atoms with E-state index in [1.54, 1.807) is 6.92 Å². The molecule has 0 heterocycles. The molecule has 104 valence electrons. The molecule has 0 saturated heterocycles. The van der Waals surface area contributed by atoms with E-state index in [4.69, 9.17) is 5.73 Å². The largest absolute Gasteiger partial charge is 0.462 e. The zero-order chi connectivity index (χ0) is 14.6. The number of carbonyl (C=O) groups excluding carboxylic acids is 2. The number of primary amides is 1. The van der Waals surface area contributed by atoms with Crippen LogP contribution >= 0.6 is 0 Å². The summed E-state index contributed by atoms with van der Waals surface area (Å²) >= 11 is 0. The van der Waals surface area contributed by atoms with Crippen LogP contribution in [0, 0.1) is 5.82 Å². The maximum atomic E-state index is 13.4. The van der Waals surface area contributed by atoms with Gasteiger partial charge < -0.3 is 20.7 Å². The Bertz CT molecular complexity index is 491. The first kappa shape index (κ1) is 15.1. The summed E-state index contributed by atoms with van der Waals surface area (Å²) in [4.78, 5) is 22.2. The van der Waals surface area contributed by atoms with E-state index in [0.29, 0.717) is 0 Å². The Labute approximate surface area is 108 Å². The monoisotopic (exact) mass is 271 g/mol. The molecule has 4 N–H and O–H groups in total. The van der Waals surface area contributed by atoms with Gasteiger partial charge in [-0.3, -0.25) is 4.79 Å². The van der Waals surface area contributed by atoms with Crippen LogP contribution in [-0.2, 0) is 9.53 Å². The number of hydrogen-bond donors (Lipinski definition) is 3. The number of aliphatic hydroxyl groups excluding tert-OH is 2. The number of esters is 1. The SMILES string of the molecule is CCOC(=O)c1cc(C(O)C(O)C(N)=O)ccc1F. The Kier molecular flexibility index (Phi) is 4.96. The second-order valence-corrected chi connectivity index (χ2v) is 3.75. The van der Waals surface area contributed by atoms with Crippen molar-refractivity contribution < 1.29 is 28.9 Å². The first-order chi connectivity index (χ1) is 8.88. The third-order valence-electron chi connectivity index (χ3n) is 2.42. The van der Waals surface area contributed by atoms with Crippen LogP contribution in [0.3, 0.4) is 0 Å². The van der Waals surface area contributed by atoms with Crippen molar-refractivity contribution in [1.82, 2.24) is 0 Å². The molecule has 2 unspecified atom stereocenters. The summed E-state index contributed by atoms with van der Waals surface area (Å²) in [5, 5.41) is 19.0. The van der Waals surface area contributed by atoms with Crippen molar-refractivity contribution in [1.29, 1.82) is 0 Å². The second-order valence-electron chi connectivity index (χ2n) is 3.75. The Morgan fingerprint density at radius 2 is 2.05 bits per heavy atom. The Morgan fingerprint density at radius 1 is 1.42 bits per heavy atom. The van der Waals surface area contributed by atoms with Crippen LogP contribution in [-0.4, -0.2) is 34.8 Å². The van der Waals surface area contributed by atoms with Gasteiger partial charge in [0.05, 0.1) is 12.2 Å². The summed E-state index contributed by atoms with van der Waals surface area (Å²) < 4.78 is 18.1. The number of rotatable bonds is 5. The zero-order valence-corrected chi connectivity index (χ0v) is 10.2. The summed E-state index contributed by atoms with van der Waals surface area (Å²) in [6, 6.07) is 3.07. The molecule has 0 aliphatic carbocycles. The maximum absolute atomic E-state index is 13.4. The van der Waals surface area contributed by atoms with Crippen LogP contribution in [0.2, 0.25) is 0 Å². The van der Waals surface area contributed by atoms with Gasteiger partial charge in [0, 0.05) is 0 Å². The van der Waals surface area contributed by atoms with Gasteiger partial charge in [0.25, 0.3) is 0 Å². The van der Waals surface area contributed by atoms with Crippen molar-refractivity contribution in [2.75, 3.05) is 6.61 Å². The molecule has 0 bridgehead atoms.